The van der Waals surface area contributed by atoms with Gasteiger partial charge in [0.05, 0.1) is 5.02 Å². The van der Waals surface area contributed by atoms with Crippen LogP contribution in [0.3, 0.4) is 0 Å². The van der Waals surface area contributed by atoms with Gasteiger partial charge in [0.15, 0.2) is 0 Å². The van der Waals surface area contributed by atoms with Crippen LogP contribution in [0.15, 0.2) is 12.3 Å². The van der Waals surface area contributed by atoms with Gasteiger partial charge in [0, 0.05) is 25.8 Å². The van der Waals surface area contributed by atoms with E-state index in [9.17, 15) is 0 Å². The van der Waals surface area contributed by atoms with Crippen molar-refractivity contribution in [3.05, 3.63) is 22.8 Å². The van der Waals surface area contributed by atoms with Crippen LogP contribution in [0.25, 0.3) is 0 Å². The third kappa shape index (κ3) is 2.90. The highest BCUT2D eigenvalue weighted by atomic mass is 35.5. The van der Waals surface area contributed by atoms with Crippen molar-refractivity contribution in [2.75, 3.05) is 19.0 Å². The lowest BCUT2D eigenvalue weighted by Crippen LogP contribution is -2.31. The fraction of sp³-hybridized carbons (Fsp3) is 0.615. The Morgan fingerprint density at radius 2 is 2.29 bits per heavy atom. The van der Waals surface area contributed by atoms with Crippen LogP contribution < -0.4 is 10.2 Å². The van der Waals surface area contributed by atoms with E-state index in [-0.39, 0.29) is 0 Å². The third-order valence-electron chi connectivity index (χ3n) is 3.56. The van der Waals surface area contributed by atoms with E-state index < -0.39 is 0 Å². The van der Waals surface area contributed by atoms with Gasteiger partial charge < -0.3 is 10.2 Å². The predicted molar refractivity (Wildman–Crippen MR) is 72.6 cm³/mol. The second-order valence-corrected chi connectivity index (χ2v) is 5.26. The second-order valence-electron chi connectivity index (χ2n) is 4.85. The highest BCUT2D eigenvalue weighted by molar-refractivity contribution is 6.31. The van der Waals surface area contributed by atoms with Crippen molar-refractivity contribution < 1.29 is 0 Å². The minimum absolute atomic E-state index is 0.561. The second kappa shape index (κ2) is 5.23. The molecule has 3 nitrogen and oxygen atoms in total. The average molecular weight is 254 g/mol. The number of nitrogens with zero attached hydrogens (tertiary/aromatic N) is 2. The zero-order valence-corrected chi connectivity index (χ0v) is 11.5. The molecular formula is C13H20ClN3. The van der Waals surface area contributed by atoms with Crippen molar-refractivity contribution in [2.24, 2.45) is 5.92 Å². The van der Waals surface area contributed by atoms with E-state index in [0.29, 0.717) is 6.04 Å². The van der Waals surface area contributed by atoms with Gasteiger partial charge in [-0.25, -0.2) is 4.98 Å². The fourth-order valence-electron chi connectivity index (χ4n) is 2.09. The van der Waals surface area contributed by atoms with Gasteiger partial charge >= 0.3 is 0 Å². The van der Waals surface area contributed by atoms with Crippen molar-refractivity contribution in [3.63, 3.8) is 0 Å². The molecule has 1 fully saturated rings. The molecule has 1 aromatic heterocycles. The highest BCUT2D eigenvalue weighted by Gasteiger charge is 2.31. The van der Waals surface area contributed by atoms with Crippen molar-refractivity contribution in [1.82, 2.24) is 10.3 Å². The molecule has 1 aromatic rings. The first-order valence-corrected chi connectivity index (χ1v) is 6.53. The lowest BCUT2D eigenvalue weighted by Gasteiger charge is -2.26. The Morgan fingerprint density at radius 1 is 1.59 bits per heavy atom. The summed E-state index contributed by atoms with van der Waals surface area (Å²) in [6, 6.07) is 2.64. The van der Waals surface area contributed by atoms with Gasteiger partial charge in [-0.05, 0) is 44.4 Å². The molecule has 17 heavy (non-hydrogen) atoms. The van der Waals surface area contributed by atoms with Crippen molar-refractivity contribution >= 4 is 17.4 Å². The first-order valence-electron chi connectivity index (χ1n) is 6.15. The standard InChI is InChI=1S/C13H20ClN3/c1-9(10-4-5-10)17(3)13-6-11(7-15-2)12(14)8-16-13/h6,8-10,15H,4-5,7H2,1-3H3. The summed E-state index contributed by atoms with van der Waals surface area (Å²) in [5.74, 6) is 1.85. The molecule has 0 aliphatic heterocycles. The van der Waals surface area contributed by atoms with Crippen molar-refractivity contribution in [2.45, 2.75) is 32.4 Å². The number of pyridine rings is 1. The lowest BCUT2D eigenvalue weighted by atomic mass is 10.2. The molecule has 2 rings (SSSR count). The number of hydrogen-bond acceptors (Lipinski definition) is 3. The largest absolute Gasteiger partial charge is 0.357 e. The summed E-state index contributed by atoms with van der Waals surface area (Å²) in [6.45, 7) is 3.05. The number of hydrogen-bond donors (Lipinski definition) is 1. The molecule has 1 heterocycles. The topological polar surface area (TPSA) is 28.2 Å². The molecule has 1 unspecified atom stereocenters. The summed E-state index contributed by atoms with van der Waals surface area (Å²) in [6.07, 6.45) is 4.45. The molecule has 1 N–H and O–H groups in total. The SMILES string of the molecule is CNCc1cc(N(C)C(C)C2CC2)ncc1Cl. The van der Waals surface area contributed by atoms with Crippen LogP contribution >= 0.6 is 11.6 Å². The predicted octanol–water partition coefficient (Wildman–Crippen LogP) is 2.69. The summed E-state index contributed by atoms with van der Waals surface area (Å²) in [4.78, 5) is 6.68. The number of halogens is 1. The molecule has 1 aliphatic rings. The molecule has 94 valence electrons. The average Bonchev–Trinajstić information content (AvgIpc) is 3.14. The van der Waals surface area contributed by atoms with Gasteiger partial charge in [0.25, 0.3) is 0 Å². The Hall–Kier alpha value is -0.800. The zero-order chi connectivity index (χ0) is 12.4. The van der Waals surface area contributed by atoms with Crippen LogP contribution in [0.2, 0.25) is 5.02 Å². The molecule has 4 heteroatoms. The van der Waals surface area contributed by atoms with E-state index in [1.165, 1.54) is 12.8 Å². The first-order chi connectivity index (χ1) is 8.13. The van der Waals surface area contributed by atoms with Gasteiger partial charge in [-0.1, -0.05) is 11.6 Å². The van der Waals surface area contributed by atoms with E-state index in [2.05, 4.69) is 35.2 Å². The summed E-state index contributed by atoms with van der Waals surface area (Å²) in [5, 5.41) is 3.86. The molecule has 0 amide bonds. The number of rotatable bonds is 5. The molecule has 0 radical (unpaired) electrons. The van der Waals surface area contributed by atoms with E-state index in [0.717, 1.165) is 28.9 Å². The van der Waals surface area contributed by atoms with E-state index in [1.54, 1.807) is 6.20 Å². The van der Waals surface area contributed by atoms with Gasteiger partial charge in [-0.15, -0.1) is 0 Å². The normalized spacial score (nSPS) is 16.9. The third-order valence-corrected chi connectivity index (χ3v) is 3.90. The Kier molecular flexibility index (Phi) is 3.89. The zero-order valence-electron chi connectivity index (χ0n) is 10.7. The van der Waals surface area contributed by atoms with Crippen molar-refractivity contribution in [1.29, 1.82) is 0 Å². The van der Waals surface area contributed by atoms with E-state index in [4.69, 9.17) is 11.6 Å². The quantitative estimate of drug-likeness (QED) is 0.875. The van der Waals surface area contributed by atoms with Crippen molar-refractivity contribution in [3.8, 4) is 0 Å². The molecule has 1 atom stereocenters. The van der Waals surface area contributed by atoms with Gasteiger partial charge in [-0.3, -0.25) is 0 Å². The summed E-state index contributed by atoms with van der Waals surface area (Å²) in [5.41, 5.74) is 1.11. The van der Waals surface area contributed by atoms with Crippen LogP contribution in [0, 0.1) is 5.92 Å². The Morgan fingerprint density at radius 3 is 2.88 bits per heavy atom. The van der Waals surface area contributed by atoms with Crippen LogP contribution in [0.1, 0.15) is 25.3 Å². The monoisotopic (exact) mass is 253 g/mol. The molecule has 0 bridgehead atoms. The molecule has 0 saturated heterocycles. The smallest absolute Gasteiger partial charge is 0.128 e. The molecule has 1 saturated carbocycles. The molecule has 0 spiro atoms. The number of anilines is 1. The van der Waals surface area contributed by atoms with Gasteiger partial charge in [0.2, 0.25) is 0 Å². The fourth-order valence-corrected chi connectivity index (χ4v) is 2.26. The van der Waals surface area contributed by atoms with E-state index in [1.807, 2.05) is 7.05 Å². The maximum atomic E-state index is 6.11. The summed E-state index contributed by atoms with van der Waals surface area (Å²) in [7, 11) is 4.04. The van der Waals surface area contributed by atoms with Gasteiger partial charge in [-0.2, -0.15) is 0 Å². The maximum Gasteiger partial charge on any atom is 0.128 e. The van der Waals surface area contributed by atoms with Crippen LogP contribution in [-0.4, -0.2) is 25.1 Å². The lowest BCUT2D eigenvalue weighted by molar-refractivity contribution is 0.603. The van der Waals surface area contributed by atoms with Gasteiger partial charge in [0.1, 0.15) is 5.82 Å². The molecular weight excluding hydrogens is 234 g/mol. The van der Waals surface area contributed by atoms with E-state index >= 15 is 0 Å². The van der Waals surface area contributed by atoms with Crippen LogP contribution in [-0.2, 0) is 6.54 Å². The Balaban J connectivity index is 2.16. The highest BCUT2D eigenvalue weighted by Crippen LogP contribution is 2.36. The number of nitrogens with one attached hydrogen (secondary N) is 1. The number of aromatic nitrogens is 1. The van der Waals surface area contributed by atoms with Crippen LogP contribution in [0.5, 0.6) is 0 Å². The molecule has 0 aromatic carbocycles. The first kappa shape index (κ1) is 12.7. The minimum atomic E-state index is 0.561. The maximum absolute atomic E-state index is 6.11. The Bertz CT molecular complexity index is 390. The van der Waals surface area contributed by atoms with Crippen LogP contribution in [0.4, 0.5) is 5.82 Å². The Labute approximate surface area is 108 Å². The molecule has 1 aliphatic carbocycles. The minimum Gasteiger partial charge on any atom is -0.357 e. The summed E-state index contributed by atoms with van der Waals surface area (Å²) >= 11 is 6.11. The summed E-state index contributed by atoms with van der Waals surface area (Å²) < 4.78 is 0.